The van der Waals surface area contributed by atoms with Crippen LogP contribution in [0.4, 0.5) is 0 Å². The fraction of sp³-hybridized carbons (Fsp3) is 0.250. The second-order valence-corrected chi connectivity index (χ2v) is 6.30. The van der Waals surface area contributed by atoms with Crippen molar-refractivity contribution in [1.29, 1.82) is 0 Å². The van der Waals surface area contributed by atoms with E-state index in [-0.39, 0.29) is 12.4 Å². The smallest absolute Gasteiger partial charge is 0.310 e. The summed E-state index contributed by atoms with van der Waals surface area (Å²) in [5.41, 5.74) is 4.00. The van der Waals surface area contributed by atoms with Crippen molar-refractivity contribution in [1.82, 2.24) is 0 Å². The van der Waals surface area contributed by atoms with Crippen molar-refractivity contribution >= 4 is 28.0 Å². The average molecular weight is 389 g/mol. The monoisotopic (exact) mass is 388 g/mol. The van der Waals surface area contributed by atoms with Crippen LogP contribution in [-0.4, -0.2) is 12.6 Å². The van der Waals surface area contributed by atoms with Crippen LogP contribution in [0.15, 0.2) is 47.4 Å². The molecule has 0 saturated carbocycles. The molecule has 0 bridgehead atoms. The highest BCUT2D eigenvalue weighted by Crippen LogP contribution is 2.24. The van der Waals surface area contributed by atoms with Crippen LogP contribution in [0, 0.1) is 6.92 Å². The number of ether oxygens (including phenoxy) is 2. The van der Waals surface area contributed by atoms with Crippen LogP contribution in [0.2, 0.25) is 0 Å². The number of halogens is 1. The summed E-state index contributed by atoms with van der Waals surface area (Å²) in [6, 6.07) is 11.8. The SMILES string of the molecule is C=Cc1ccc(COc2cc(C)ccc2CC(=O)OCC)cc1Br. The van der Waals surface area contributed by atoms with E-state index in [4.69, 9.17) is 9.47 Å². The van der Waals surface area contributed by atoms with Crippen LogP contribution in [0.25, 0.3) is 6.08 Å². The summed E-state index contributed by atoms with van der Waals surface area (Å²) in [6.07, 6.45) is 2.01. The predicted molar refractivity (Wildman–Crippen MR) is 100 cm³/mol. The molecule has 0 aromatic heterocycles. The first kappa shape index (κ1) is 18.3. The van der Waals surface area contributed by atoms with Crippen molar-refractivity contribution in [3.8, 4) is 5.75 Å². The van der Waals surface area contributed by atoms with Crippen molar-refractivity contribution in [3.63, 3.8) is 0 Å². The molecule has 0 atom stereocenters. The Morgan fingerprint density at radius 2 is 2.04 bits per heavy atom. The lowest BCUT2D eigenvalue weighted by molar-refractivity contribution is -0.142. The number of carbonyl (C=O) groups is 1. The summed E-state index contributed by atoms with van der Waals surface area (Å²) in [6.45, 7) is 8.38. The second kappa shape index (κ2) is 8.69. The van der Waals surface area contributed by atoms with E-state index in [1.807, 2.05) is 43.3 Å². The van der Waals surface area contributed by atoms with E-state index in [9.17, 15) is 4.79 Å². The van der Waals surface area contributed by atoms with Gasteiger partial charge in [0.1, 0.15) is 12.4 Å². The fourth-order valence-electron chi connectivity index (χ4n) is 2.30. The molecule has 2 rings (SSSR count). The Morgan fingerprint density at radius 1 is 1.25 bits per heavy atom. The maximum atomic E-state index is 11.7. The molecule has 0 amide bonds. The normalized spacial score (nSPS) is 10.3. The van der Waals surface area contributed by atoms with Crippen molar-refractivity contribution < 1.29 is 14.3 Å². The molecule has 2 aromatic rings. The minimum atomic E-state index is -0.246. The summed E-state index contributed by atoms with van der Waals surface area (Å²) in [4.78, 5) is 11.7. The fourth-order valence-corrected chi connectivity index (χ4v) is 2.88. The third-order valence-corrected chi connectivity index (χ3v) is 4.23. The lowest BCUT2D eigenvalue weighted by Crippen LogP contribution is -2.09. The van der Waals surface area contributed by atoms with E-state index in [0.717, 1.165) is 26.7 Å². The van der Waals surface area contributed by atoms with Gasteiger partial charge in [-0.15, -0.1) is 0 Å². The minimum absolute atomic E-state index is 0.211. The highest BCUT2D eigenvalue weighted by Gasteiger charge is 2.11. The molecule has 2 aromatic carbocycles. The van der Waals surface area contributed by atoms with E-state index < -0.39 is 0 Å². The van der Waals surface area contributed by atoms with E-state index in [2.05, 4.69) is 22.5 Å². The second-order valence-electron chi connectivity index (χ2n) is 5.44. The van der Waals surface area contributed by atoms with Crippen molar-refractivity contribution in [2.24, 2.45) is 0 Å². The zero-order valence-corrected chi connectivity index (χ0v) is 15.6. The Bertz CT molecular complexity index is 738. The maximum absolute atomic E-state index is 11.7. The lowest BCUT2D eigenvalue weighted by Gasteiger charge is -2.13. The highest BCUT2D eigenvalue weighted by molar-refractivity contribution is 9.10. The van der Waals surface area contributed by atoms with Crippen LogP contribution in [0.3, 0.4) is 0 Å². The molecule has 0 heterocycles. The third-order valence-electron chi connectivity index (χ3n) is 3.54. The molecule has 3 nitrogen and oxygen atoms in total. The van der Waals surface area contributed by atoms with Gasteiger partial charge in [-0.2, -0.15) is 0 Å². The first-order valence-electron chi connectivity index (χ1n) is 7.82. The van der Waals surface area contributed by atoms with Gasteiger partial charge in [0.25, 0.3) is 0 Å². The molecular weight excluding hydrogens is 368 g/mol. The number of hydrogen-bond donors (Lipinski definition) is 0. The average Bonchev–Trinajstić information content (AvgIpc) is 2.55. The van der Waals surface area contributed by atoms with Gasteiger partial charge >= 0.3 is 5.97 Å². The van der Waals surface area contributed by atoms with E-state index >= 15 is 0 Å². The molecule has 0 saturated heterocycles. The Hall–Kier alpha value is -2.07. The van der Waals surface area contributed by atoms with Gasteiger partial charge in [-0.1, -0.05) is 52.9 Å². The van der Waals surface area contributed by atoms with Crippen LogP contribution in [0.5, 0.6) is 5.75 Å². The van der Waals surface area contributed by atoms with Crippen molar-refractivity contribution in [2.75, 3.05) is 6.61 Å². The molecule has 4 heteroatoms. The number of carbonyl (C=O) groups excluding carboxylic acids is 1. The number of rotatable bonds is 7. The molecule has 0 N–H and O–H groups in total. The Labute approximate surface area is 151 Å². The summed E-state index contributed by atoms with van der Waals surface area (Å²) >= 11 is 3.52. The molecule has 0 unspecified atom stereocenters. The first-order chi connectivity index (χ1) is 11.5. The molecule has 0 aliphatic rings. The van der Waals surface area contributed by atoms with Gasteiger partial charge < -0.3 is 9.47 Å². The van der Waals surface area contributed by atoms with Gasteiger partial charge in [0.2, 0.25) is 0 Å². The number of benzene rings is 2. The molecular formula is C20H21BrO3. The van der Waals surface area contributed by atoms with Crippen LogP contribution in [-0.2, 0) is 22.6 Å². The quantitative estimate of drug-likeness (QED) is 0.619. The largest absolute Gasteiger partial charge is 0.489 e. The van der Waals surface area contributed by atoms with Gasteiger partial charge in [-0.05, 0) is 42.7 Å². The highest BCUT2D eigenvalue weighted by atomic mass is 79.9. The maximum Gasteiger partial charge on any atom is 0.310 e. The van der Waals surface area contributed by atoms with Crippen LogP contribution < -0.4 is 4.74 Å². The predicted octanol–water partition coefficient (Wildman–Crippen LogP) is 5.09. The van der Waals surface area contributed by atoms with Gasteiger partial charge in [0, 0.05) is 10.0 Å². The van der Waals surface area contributed by atoms with Gasteiger partial charge in [0.15, 0.2) is 0 Å². The molecule has 126 valence electrons. The Balaban J connectivity index is 2.13. The lowest BCUT2D eigenvalue weighted by atomic mass is 10.1. The van der Waals surface area contributed by atoms with Crippen molar-refractivity contribution in [2.45, 2.75) is 26.9 Å². The summed E-state index contributed by atoms with van der Waals surface area (Å²) in [7, 11) is 0. The standard InChI is InChI=1S/C20H21BrO3/c1-4-16-9-7-15(11-18(16)21)13-24-19-10-14(3)6-8-17(19)12-20(22)23-5-2/h4,6-11H,1,5,12-13H2,2-3H3. The van der Waals surface area contributed by atoms with Gasteiger partial charge in [0.05, 0.1) is 13.0 Å². The summed E-state index contributed by atoms with van der Waals surface area (Å²) < 4.78 is 12.0. The van der Waals surface area contributed by atoms with Crippen molar-refractivity contribution in [3.05, 3.63) is 69.7 Å². The molecule has 0 aliphatic carbocycles. The van der Waals surface area contributed by atoms with E-state index in [1.54, 1.807) is 13.0 Å². The first-order valence-corrected chi connectivity index (χ1v) is 8.61. The zero-order chi connectivity index (χ0) is 17.5. The Morgan fingerprint density at radius 3 is 2.71 bits per heavy atom. The van der Waals surface area contributed by atoms with E-state index in [0.29, 0.717) is 19.0 Å². The van der Waals surface area contributed by atoms with Gasteiger partial charge in [-0.25, -0.2) is 0 Å². The summed E-state index contributed by atoms with van der Waals surface area (Å²) in [5, 5.41) is 0. The Kier molecular flexibility index (Phi) is 6.62. The molecule has 0 spiro atoms. The molecule has 0 aliphatic heterocycles. The number of aryl methyl sites for hydroxylation is 1. The zero-order valence-electron chi connectivity index (χ0n) is 14.0. The van der Waals surface area contributed by atoms with Crippen LogP contribution in [0.1, 0.15) is 29.2 Å². The number of hydrogen-bond acceptors (Lipinski definition) is 3. The summed E-state index contributed by atoms with van der Waals surface area (Å²) in [5.74, 6) is 0.469. The van der Waals surface area contributed by atoms with Crippen LogP contribution >= 0.6 is 15.9 Å². The third kappa shape index (κ3) is 4.96. The number of esters is 1. The topological polar surface area (TPSA) is 35.5 Å². The van der Waals surface area contributed by atoms with Gasteiger partial charge in [-0.3, -0.25) is 4.79 Å². The molecule has 24 heavy (non-hydrogen) atoms. The molecule has 0 radical (unpaired) electrons. The minimum Gasteiger partial charge on any atom is -0.489 e. The van der Waals surface area contributed by atoms with E-state index in [1.165, 1.54) is 0 Å². The molecule has 0 fully saturated rings.